The molecule has 7 nitrogen and oxygen atoms in total. The third kappa shape index (κ3) is 21.1. The molecule has 0 aromatic rings. The number of carboxylic acids is 1. The summed E-state index contributed by atoms with van der Waals surface area (Å²) in [6.07, 6.45) is 4.78. The minimum Gasteiger partial charge on any atom is -0.479 e. The third-order valence-corrected chi connectivity index (χ3v) is 6.90. The van der Waals surface area contributed by atoms with E-state index in [1.165, 1.54) is 21.1 Å². The molecule has 0 bridgehead atoms. The summed E-state index contributed by atoms with van der Waals surface area (Å²) >= 11 is 0. The molecule has 1 N–H and O–H groups in total. The van der Waals surface area contributed by atoms with E-state index in [0.717, 1.165) is 24.3 Å². The van der Waals surface area contributed by atoms with Crippen molar-refractivity contribution in [1.82, 2.24) is 0 Å². The molecule has 0 saturated heterocycles. The van der Waals surface area contributed by atoms with Gasteiger partial charge in [-0.1, -0.05) is 43.2 Å². The van der Waals surface area contributed by atoms with Gasteiger partial charge in [0.1, 0.15) is 6.10 Å². The molecular formula is C17H34O7S4. The van der Waals surface area contributed by atoms with Crippen LogP contribution < -0.4 is 0 Å². The number of aliphatic carboxylic acids is 1. The van der Waals surface area contributed by atoms with Gasteiger partial charge in [-0.2, -0.15) is 0 Å². The van der Waals surface area contributed by atoms with Crippen molar-refractivity contribution < 1.29 is 33.6 Å². The highest BCUT2D eigenvalue weighted by atomic mass is 33.1. The Bertz CT molecular complexity index is 341. The Morgan fingerprint density at radius 1 is 0.857 bits per heavy atom. The Labute approximate surface area is 184 Å². The number of hydrogen-bond acceptors (Lipinski definition) is 10. The normalized spacial score (nSPS) is 12.8. The Hall–Kier alpha value is 0.380. The van der Waals surface area contributed by atoms with Gasteiger partial charge in [0.15, 0.2) is 11.9 Å². The number of Topliss-reactive ketones (excluding diaryl/α,β-unsaturated/α-hetero) is 1. The predicted octanol–water partition coefficient (Wildman–Crippen LogP) is 3.51. The van der Waals surface area contributed by atoms with Gasteiger partial charge >= 0.3 is 5.97 Å². The third-order valence-electron chi connectivity index (χ3n) is 3.10. The molecular weight excluding hydrogens is 444 g/mol. The van der Waals surface area contributed by atoms with Crippen LogP contribution in [0.3, 0.4) is 0 Å². The summed E-state index contributed by atoms with van der Waals surface area (Å²) in [4.78, 5) is 21.4. The molecule has 0 spiro atoms. The molecule has 168 valence electrons. The summed E-state index contributed by atoms with van der Waals surface area (Å²) in [6.45, 7) is 3.29. The van der Waals surface area contributed by atoms with Crippen LogP contribution in [0.25, 0.3) is 0 Å². The number of carbonyl (C=O) groups is 2. The molecule has 0 radical (unpaired) electrons. The molecule has 0 amide bonds. The van der Waals surface area contributed by atoms with Crippen molar-refractivity contribution in [2.24, 2.45) is 0 Å². The number of ether oxygens (including phenoxy) is 4. The summed E-state index contributed by atoms with van der Waals surface area (Å²) < 4.78 is 20.2. The summed E-state index contributed by atoms with van der Waals surface area (Å²) in [5.74, 6) is 1.14. The van der Waals surface area contributed by atoms with Gasteiger partial charge in [0, 0.05) is 38.9 Å². The molecule has 0 aromatic heterocycles. The monoisotopic (exact) mass is 478 g/mol. The first-order chi connectivity index (χ1) is 13.4. The topological polar surface area (TPSA) is 91.3 Å². The number of rotatable bonds is 18. The van der Waals surface area contributed by atoms with Gasteiger partial charge in [-0.05, 0) is 32.3 Å². The molecule has 2 unspecified atom stereocenters. The smallest absolute Gasteiger partial charge is 0.335 e. The number of hydrogen-bond donors (Lipinski definition) is 1. The van der Waals surface area contributed by atoms with E-state index in [2.05, 4.69) is 6.26 Å². The molecule has 2 atom stereocenters. The van der Waals surface area contributed by atoms with Crippen molar-refractivity contribution in [3.63, 3.8) is 0 Å². The molecule has 0 heterocycles. The van der Waals surface area contributed by atoms with Gasteiger partial charge in [-0.15, -0.1) is 0 Å². The predicted molar refractivity (Wildman–Crippen MR) is 123 cm³/mol. The van der Waals surface area contributed by atoms with E-state index in [-0.39, 0.29) is 12.4 Å². The lowest BCUT2D eigenvalue weighted by atomic mass is 10.3. The van der Waals surface area contributed by atoms with Crippen LogP contribution in [0.1, 0.15) is 19.8 Å². The van der Waals surface area contributed by atoms with E-state index in [1.807, 2.05) is 17.0 Å². The molecule has 28 heavy (non-hydrogen) atoms. The lowest BCUT2D eigenvalue weighted by molar-refractivity contribution is -0.152. The number of carboxylic acid groups (broad SMARTS) is 1. The quantitative estimate of drug-likeness (QED) is 0.232. The molecule has 0 aromatic carbocycles. The summed E-state index contributed by atoms with van der Waals surface area (Å²) in [6, 6.07) is 0. The standard InChI is InChI=1S/C9H18O3S2.C8H16O4S2/c1-8(10)9(11-2)7-12-5-4-6-14-13-3;1-11-7(8(9)10)6-12-4-3-5-14-13-2/h9H,4-7H2,1-3H3;7H,3-6H2,1-2H3,(H,9,10). The molecule has 0 aliphatic carbocycles. The average Bonchev–Trinajstić information content (AvgIpc) is 2.67. The van der Waals surface area contributed by atoms with Crippen molar-refractivity contribution in [3.8, 4) is 0 Å². The minimum atomic E-state index is -0.981. The van der Waals surface area contributed by atoms with Crippen LogP contribution in [-0.4, -0.2) is 93.7 Å². The lowest BCUT2D eigenvalue weighted by Crippen LogP contribution is -2.28. The molecule has 0 aliphatic heterocycles. The first-order valence-electron chi connectivity index (χ1n) is 8.70. The maximum atomic E-state index is 10.9. The van der Waals surface area contributed by atoms with Crippen LogP contribution in [0.2, 0.25) is 0 Å². The van der Waals surface area contributed by atoms with Crippen LogP contribution in [0, 0.1) is 0 Å². The lowest BCUT2D eigenvalue weighted by Gasteiger charge is -2.11. The first kappa shape index (κ1) is 30.6. The van der Waals surface area contributed by atoms with Crippen LogP contribution in [0.5, 0.6) is 0 Å². The van der Waals surface area contributed by atoms with Gasteiger partial charge in [0.2, 0.25) is 0 Å². The Balaban J connectivity index is 0. The average molecular weight is 479 g/mol. The first-order valence-corrected chi connectivity index (χ1v) is 14.1. The minimum absolute atomic E-state index is 0.0194. The van der Waals surface area contributed by atoms with Gasteiger partial charge in [0.05, 0.1) is 13.2 Å². The number of carbonyl (C=O) groups excluding carboxylic acids is 1. The fourth-order valence-electron chi connectivity index (χ4n) is 1.58. The second-order valence-electron chi connectivity index (χ2n) is 5.23. The van der Waals surface area contributed by atoms with Crippen LogP contribution in [0.4, 0.5) is 0 Å². The van der Waals surface area contributed by atoms with Gasteiger partial charge in [-0.3, -0.25) is 4.79 Å². The number of methoxy groups -OCH3 is 2. The summed E-state index contributed by atoms with van der Waals surface area (Å²) in [5.41, 5.74) is 0. The van der Waals surface area contributed by atoms with Crippen LogP contribution >= 0.6 is 43.2 Å². The molecule has 0 aliphatic rings. The molecule has 11 heteroatoms. The van der Waals surface area contributed by atoms with E-state index < -0.39 is 18.2 Å². The second-order valence-corrected chi connectivity index (χ2v) is 10.6. The van der Waals surface area contributed by atoms with E-state index in [1.54, 1.807) is 32.4 Å². The van der Waals surface area contributed by atoms with Crippen LogP contribution in [-0.2, 0) is 28.5 Å². The molecule has 0 saturated carbocycles. The van der Waals surface area contributed by atoms with E-state index >= 15 is 0 Å². The zero-order chi connectivity index (χ0) is 21.6. The van der Waals surface area contributed by atoms with Crippen LogP contribution in [0.15, 0.2) is 0 Å². The van der Waals surface area contributed by atoms with E-state index in [9.17, 15) is 9.59 Å². The maximum absolute atomic E-state index is 10.9. The molecule has 0 fully saturated rings. The van der Waals surface area contributed by atoms with Gasteiger partial charge < -0.3 is 24.1 Å². The van der Waals surface area contributed by atoms with Crippen molar-refractivity contribution >= 4 is 54.9 Å². The van der Waals surface area contributed by atoms with Crippen molar-refractivity contribution in [1.29, 1.82) is 0 Å². The Morgan fingerprint density at radius 2 is 1.29 bits per heavy atom. The van der Waals surface area contributed by atoms with Crippen molar-refractivity contribution in [2.45, 2.75) is 32.0 Å². The Kier molecular flexibility index (Phi) is 25.8. The zero-order valence-corrected chi connectivity index (χ0v) is 20.6. The largest absolute Gasteiger partial charge is 0.479 e. The fraction of sp³-hybridized carbons (Fsp3) is 0.882. The Morgan fingerprint density at radius 3 is 1.61 bits per heavy atom. The van der Waals surface area contributed by atoms with Crippen molar-refractivity contribution in [3.05, 3.63) is 0 Å². The van der Waals surface area contributed by atoms with Crippen molar-refractivity contribution in [2.75, 3.05) is 64.7 Å². The van der Waals surface area contributed by atoms with E-state index in [4.69, 9.17) is 24.1 Å². The summed E-state index contributed by atoms with van der Waals surface area (Å²) in [7, 11) is 9.95. The highest BCUT2D eigenvalue weighted by molar-refractivity contribution is 8.76. The second kappa shape index (κ2) is 23.7. The number of ketones is 1. The van der Waals surface area contributed by atoms with E-state index in [0.29, 0.717) is 19.8 Å². The highest BCUT2D eigenvalue weighted by Crippen LogP contribution is 2.17. The zero-order valence-electron chi connectivity index (χ0n) is 17.3. The highest BCUT2D eigenvalue weighted by Gasteiger charge is 2.15. The summed E-state index contributed by atoms with van der Waals surface area (Å²) in [5, 5.41) is 8.60. The van der Waals surface area contributed by atoms with Gasteiger partial charge in [-0.25, -0.2) is 4.79 Å². The SMILES string of the molecule is COC(COCCCSSC)C(=O)O.COC(COCCCSSC)C(C)=O. The molecule has 0 rings (SSSR count). The maximum Gasteiger partial charge on any atom is 0.335 e. The van der Waals surface area contributed by atoms with Gasteiger partial charge in [0.25, 0.3) is 0 Å². The fourth-order valence-corrected chi connectivity index (χ4v) is 4.09.